The summed E-state index contributed by atoms with van der Waals surface area (Å²) < 4.78 is 5.22. The van der Waals surface area contributed by atoms with Crippen LogP contribution in [0.2, 0.25) is 0 Å². The zero-order valence-corrected chi connectivity index (χ0v) is 16.0. The molecule has 2 unspecified atom stereocenters. The predicted molar refractivity (Wildman–Crippen MR) is 103 cm³/mol. The number of nitriles is 1. The fourth-order valence-electron chi connectivity index (χ4n) is 3.63. The number of fused-ring (bicyclic) bond motifs is 2. The molecular weight excluding hydrogens is 380 g/mol. The van der Waals surface area contributed by atoms with Crippen molar-refractivity contribution < 1.29 is 19.4 Å². The van der Waals surface area contributed by atoms with E-state index in [9.17, 15) is 20.0 Å². The van der Waals surface area contributed by atoms with E-state index in [-0.39, 0.29) is 22.2 Å². The Kier molecular flexibility index (Phi) is 4.51. The van der Waals surface area contributed by atoms with Crippen LogP contribution in [0.4, 0.5) is 0 Å². The minimum absolute atomic E-state index is 0.0609. The molecule has 8 nitrogen and oxygen atoms in total. The van der Waals surface area contributed by atoms with E-state index in [2.05, 4.69) is 9.97 Å². The van der Waals surface area contributed by atoms with Crippen LogP contribution in [0.3, 0.4) is 0 Å². The van der Waals surface area contributed by atoms with Crippen molar-refractivity contribution in [2.75, 3.05) is 12.4 Å². The highest BCUT2D eigenvalue weighted by Crippen LogP contribution is 2.47. The molecule has 3 heterocycles. The molecule has 2 N–H and O–H groups in total. The lowest BCUT2D eigenvalue weighted by Crippen LogP contribution is -2.46. The number of H-pyrrole nitrogens is 1. The zero-order valence-electron chi connectivity index (χ0n) is 15.1. The van der Waals surface area contributed by atoms with Gasteiger partial charge < -0.3 is 19.7 Å². The molecule has 0 spiro atoms. The third-order valence-electron chi connectivity index (χ3n) is 5.09. The number of nitrogens with zero attached hydrogens (tertiary/aromatic N) is 3. The van der Waals surface area contributed by atoms with Crippen molar-refractivity contribution >= 4 is 40.2 Å². The smallest absolute Gasteiger partial charge is 0.330 e. The molecule has 28 heavy (non-hydrogen) atoms. The van der Waals surface area contributed by atoms with Crippen LogP contribution in [-0.4, -0.2) is 55.1 Å². The van der Waals surface area contributed by atoms with Crippen LogP contribution in [0.5, 0.6) is 0 Å². The van der Waals surface area contributed by atoms with Gasteiger partial charge in [0.05, 0.1) is 15.9 Å². The Morgan fingerprint density at radius 2 is 2.32 bits per heavy atom. The van der Waals surface area contributed by atoms with Crippen molar-refractivity contribution in [3.8, 4) is 6.07 Å². The van der Waals surface area contributed by atoms with Gasteiger partial charge in [-0.2, -0.15) is 5.26 Å². The lowest BCUT2D eigenvalue weighted by Gasteiger charge is -2.29. The number of aromatic nitrogens is 2. The van der Waals surface area contributed by atoms with Crippen molar-refractivity contribution in [3.05, 3.63) is 35.8 Å². The molecule has 1 amide bonds. The molecule has 2 atom stereocenters. The quantitative estimate of drug-likeness (QED) is 0.461. The molecule has 0 bridgehead atoms. The monoisotopic (exact) mass is 398 g/mol. The van der Waals surface area contributed by atoms with Gasteiger partial charge in [-0.05, 0) is 25.5 Å². The topological polar surface area (TPSA) is 119 Å². The van der Waals surface area contributed by atoms with Crippen LogP contribution < -0.4 is 0 Å². The van der Waals surface area contributed by atoms with Crippen molar-refractivity contribution in [1.29, 1.82) is 5.26 Å². The molecule has 9 heteroatoms. The molecule has 2 aromatic rings. The summed E-state index contributed by atoms with van der Waals surface area (Å²) in [4.78, 5) is 33.1. The van der Waals surface area contributed by atoms with Gasteiger partial charge in [0.2, 0.25) is 5.91 Å². The van der Waals surface area contributed by atoms with Gasteiger partial charge in [0.1, 0.15) is 24.3 Å². The zero-order chi connectivity index (χ0) is 19.9. The van der Waals surface area contributed by atoms with Crippen molar-refractivity contribution in [3.63, 3.8) is 0 Å². The highest BCUT2D eigenvalue weighted by Gasteiger charge is 2.53. The van der Waals surface area contributed by atoms with Crippen molar-refractivity contribution in [2.45, 2.75) is 30.7 Å². The van der Waals surface area contributed by atoms with E-state index in [1.54, 1.807) is 28.8 Å². The minimum Gasteiger partial charge on any atom is -0.507 e. The first-order valence-electron chi connectivity index (χ1n) is 8.83. The summed E-state index contributed by atoms with van der Waals surface area (Å²) in [6.07, 6.45) is 1.12. The van der Waals surface area contributed by atoms with Crippen molar-refractivity contribution in [2.24, 2.45) is 0 Å². The second kappa shape index (κ2) is 6.87. The van der Waals surface area contributed by atoms with Crippen LogP contribution in [0.25, 0.3) is 16.6 Å². The van der Waals surface area contributed by atoms with Gasteiger partial charge in [0, 0.05) is 12.2 Å². The number of aliphatic hydroxyl groups is 1. The van der Waals surface area contributed by atoms with Gasteiger partial charge in [0.25, 0.3) is 0 Å². The van der Waals surface area contributed by atoms with Gasteiger partial charge in [0.15, 0.2) is 11.6 Å². The van der Waals surface area contributed by atoms with E-state index in [1.165, 1.54) is 0 Å². The number of carbonyl (C=O) groups is 2. The summed E-state index contributed by atoms with van der Waals surface area (Å²) in [5, 5.41) is 19.7. The Morgan fingerprint density at radius 1 is 1.54 bits per heavy atom. The van der Waals surface area contributed by atoms with Crippen LogP contribution in [0, 0.1) is 11.3 Å². The third-order valence-corrected chi connectivity index (χ3v) is 6.60. The minimum atomic E-state index is -0.672. The van der Waals surface area contributed by atoms with E-state index in [4.69, 9.17) is 4.74 Å². The van der Waals surface area contributed by atoms with Gasteiger partial charge in [-0.15, -0.1) is 11.8 Å². The number of esters is 1. The highest BCUT2D eigenvalue weighted by atomic mass is 32.2. The average Bonchev–Trinajstić information content (AvgIpc) is 3.33. The number of thioether (sulfide) groups is 1. The fraction of sp³-hybridized carbons (Fsp3) is 0.368. The molecule has 0 saturated carbocycles. The molecular formula is C19H18N4O4S. The summed E-state index contributed by atoms with van der Waals surface area (Å²) in [6.45, 7) is 1.49. The van der Waals surface area contributed by atoms with E-state index in [1.807, 2.05) is 25.1 Å². The lowest BCUT2D eigenvalue weighted by molar-refractivity contribution is -0.153. The maximum Gasteiger partial charge on any atom is 0.330 e. The Balaban J connectivity index is 1.49. The van der Waals surface area contributed by atoms with Gasteiger partial charge in [-0.3, -0.25) is 4.79 Å². The number of amides is 1. The number of carbonyl (C=O) groups excluding carboxylic acids is 2. The molecule has 0 aliphatic carbocycles. The summed E-state index contributed by atoms with van der Waals surface area (Å²) in [5.74, 6) is -0.374. The Hall–Kier alpha value is -2.99. The number of allylic oxidation sites excluding steroid dienone is 1. The predicted octanol–water partition coefficient (Wildman–Crippen LogP) is 2.35. The van der Waals surface area contributed by atoms with Gasteiger partial charge >= 0.3 is 5.97 Å². The third kappa shape index (κ3) is 2.99. The number of ether oxygens (including phenoxy) is 1. The Bertz CT molecular complexity index is 1010. The van der Waals surface area contributed by atoms with Crippen LogP contribution >= 0.6 is 11.8 Å². The van der Waals surface area contributed by atoms with Crippen LogP contribution in [0.15, 0.2) is 30.0 Å². The molecule has 1 aromatic carbocycles. The number of imidazole rings is 1. The molecule has 0 radical (unpaired) electrons. The summed E-state index contributed by atoms with van der Waals surface area (Å²) in [5.41, 5.74) is 1.29. The standard InChI is InChI=1S/C19H18N4O4S/c1-19-7-6-16(25)23(19)14(10-28-19)18(26)27-9-15(24)11(8-20)17-21-12-4-2-3-5-13(12)22-17/h2-5,14,24H,6-7,9-10H2,1H3,(H,21,22)/b15-11-. The summed E-state index contributed by atoms with van der Waals surface area (Å²) in [7, 11) is 0. The molecule has 1 aromatic heterocycles. The maximum atomic E-state index is 12.5. The molecule has 2 saturated heterocycles. The van der Waals surface area contributed by atoms with E-state index in [0.717, 1.165) is 5.52 Å². The van der Waals surface area contributed by atoms with E-state index < -0.39 is 24.4 Å². The lowest BCUT2D eigenvalue weighted by atomic mass is 10.2. The fourth-order valence-corrected chi connectivity index (χ4v) is 5.05. The average molecular weight is 398 g/mol. The van der Waals surface area contributed by atoms with Crippen molar-refractivity contribution in [1.82, 2.24) is 14.9 Å². The number of nitrogens with one attached hydrogen (secondary N) is 1. The number of benzene rings is 1. The Morgan fingerprint density at radius 3 is 3.07 bits per heavy atom. The van der Waals surface area contributed by atoms with Gasteiger partial charge in [-0.1, -0.05) is 12.1 Å². The summed E-state index contributed by atoms with van der Waals surface area (Å²) in [6, 6.07) is 8.46. The normalized spacial score (nSPS) is 24.8. The number of hydrogen-bond donors (Lipinski definition) is 2. The second-order valence-corrected chi connectivity index (χ2v) is 8.41. The number of aliphatic hydroxyl groups excluding tert-OH is 1. The largest absolute Gasteiger partial charge is 0.507 e. The highest BCUT2D eigenvalue weighted by molar-refractivity contribution is 8.01. The maximum absolute atomic E-state index is 12.5. The Labute approximate surface area is 165 Å². The van der Waals surface area contributed by atoms with E-state index in [0.29, 0.717) is 24.1 Å². The SMILES string of the molecule is CC12CCC(=O)N1C(C(=O)OC/C(O)=C(\C#N)c1nc3ccccc3[nH]1)CS2. The first-order valence-corrected chi connectivity index (χ1v) is 9.81. The number of para-hydroxylation sites is 2. The molecule has 144 valence electrons. The summed E-state index contributed by atoms with van der Waals surface area (Å²) >= 11 is 1.56. The molecule has 2 fully saturated rings. The first-order chi connectivity index (χ1) is 13.4. The van der Waals surface area contributed by atoms with Crippen LogP contribution in [0.1, 0.15) is 25.6 Å². The number of hydrogen-bond acceptors (Lipinski definition) is 7. The first kappa shape index (κ1) is 18.4. The number of rotatable bonds is 4. The van der Waals surface area contributed by atoms with Crippen LogP contribution in [-0.2, 0) is 14.3 Å². The molecule has 2 aliphatic heterocycles. The second-order valence-electron chi connectivity index (χ2n) is 6.91. The van der Waals surface area contributed by atoms with Gasteiger partial charge in [-0.25, -0.2) is 9.78 Å². The molecule has 2 aliphatic rings. The van der Waals surface area contributed by atoms with E-state index >= 15 is 0 Å². The number of aromatic amines is 1. The molecule has 4 rings (SSSR count).